The Morgan fingerprint density at radius 3 is 3.06 bits per heavy atom. The molecule has 0 aliphatic carbocycles. The lowest BCUT2D eigenvalue weighted by Crippen LogP contribution is -2.24. The molecule has 1 heterocycles. The normalized spacial score (nSPS) is 14.2. The highest BCUT2D eigenvalue weighted by molar-refractivity contribution is 5.91. The molecule has 2 rings (SSSR count). The highest BCUT2D eigenvalue weighted by Gasteiger charge is 2.14. The second-order valence-electron chi connectivity index (χ2n) is 5.02. The Morgan fingerprint density at radius 1 is 1.44 bits per heavy atom. The van der Waals surface area contributed by atoms with Crippen molar-refractivity contribution in [2.45, 2.75) is 39.0 Å². The lowest BCUT2D eigenvalue weighted by Gasteiger charge is -2.28. The van der Waals surface area contributed by atoms with Gasteiger partial charge in [-0.3, -0.25) is 4.79 Å². The fourth-order valence-corrected chi connectivity index (χ4v) is 2.40. The van der Waals surface area contributed by atoms with Crippen LogP contribution in [-0.2, 0) is 11.2 Å². The van der Waals surface area contributed by atoms with E-state index >= 15 is 0 Å². The Hall–Kier alpha value is -1.51. The van der Waals surface area contributed by atoms with E-state index in [4.69, 9.17) is 0 Å². The third kappa shape index (κ3) is 3.03. The Morgan fingerprint density at radius 2 is 2.28 bits per heavy atom. The van der Waals surface area contributed by atoms with E-state index < -0.39 is 0 Å². The van der Waals surface area contributed by atoms with Crippen LogP contribution in [-0.4, -0.2) is 19.5 Å². The molecule has 3 heteroatoms. The summed E-state index contributed by atoms with van der Waals surface area (Å²) < 4.78 is 0. The average molecular weight is 246 g/mol. The molecule has 1 aliphatic rings. The van der Waals surface area contributed by atoms with Gasteiger partial charge < -0.3 is 10.2 Å². The number of carbonyl (C=O) groups excluding carboxylic acids is 1. The van der Waals surface area contributed by atoms with Gasteiger partial charge in [-0.15, -0.1) is 0 Å². The maximum absolute atomic E-state index is 11.7. The zero-order chi connectivity index (χ0) is 13.0. The van der Waals surface area contributed by atoms with Gasteiger partial charge in [-0.2, -0.15) is 0 Å². The summed E-state index contributed by atoms with van der Waals surface area (Å²) >= 11 is 0. The van der Waals surface area contributed by atoms with Crippen molar-refractivity contribution in [3.63, 3.8) is 0 Å². The molecule has 0 atom stereocenters. The third-order valence-corrected chi connectivity index (χ3v) is 3.48. The molecule has 0 bridgehead atoms. The standard InChI is InChI=1S/C15H22N2O/c1-3-4-7-15(18)16-13-9-8-12-6-5-10-17(2)14(12)11-13/h8-9,11H,3-7,10H2,1-2H3,(H,16,18). The summed E-state index contributed by atoms with van der Waals surface area (Å²) in [4.78, 5) is 14.0. The summed E-state index contributed by atoms with van der Waals surface area (Å²) in [6, 6.07) is 6.25. The van der Waals surface area contributed by atoms with Gasteiger partial charge in [-0.1, -0.05) is 19.4 Å². The predicted molar refractivity (Wildman–Crippen MR) is 76.2 cm³/mol. The summed E-state index contributed by atoms with van der Waals surface area (Å²) in [6.07, 6.45) is 4.98. The maximum atomic E-state index is 11.7. The van der Waals surface area contributed by atoms with Crippen LogP contribution in [0.25, 0.3) is 0 Å². The summed E-state index contributed by atoms with van der Waals surface area (Å²) in [5.74, 6) is 0.121. The first kappa shape index (κ1) is 12.9. The monoisotopic (exact) mass is 246 g/mol. The summed E-state index contributed by atoms with van der Waals surface area (Å²) in [7, 11) is 2.11. The highest BCUT2D eigenvalue weighted by atomic mass is 16.1. The van der Waals surface area contributed by atoms with E-state index in [-0.39, 0.29) is 5.91 Å². The van der Waals surface area contributed by atoms with Crippen molar-refractivity contribution in [1.29, 1.82) is 0 Å². The van der Waals surface area contributed by atoms with Crippen LogP contribution in [0, 0.1) is 0 Å². The molecule has 0 unspecified atom stereocenters. The second-order valence-corrected chi connectivity index (χ2v) is 5.02. The molecule has 0 fully saturated rings. The number of nitrogens with one attached hydrogen (secondary N) is 1. The van der Waals surface area contributed by atoms with Crippen LogP contribution in [0.15, 0.2) is 18.2 Å². The van der Waals surface area contributed by atoms with Crippen LogP contribution < -0.4 is 10.2 Å². The molecular weight excluding hydrogens is 224 g/mol. The fraction of sp³-hybridized carbons (Fsp3) is 0.533. The van der Waals surface area contributed by atoms with Crippen LogP contribution in [0.5, 0.6) is 0 Å². The van der Waals surface area contributed by atoms with Crippen molar-refractivity contribution in [1.82, 2.24) is 0 Å². The minimum absolute atomic E-state index is 0.121. The molecule has 1 aromatic rings. The first-order valence-electron chi connectivity index (χ1n) is 6.84. The molecule has 1 aliphatic heterocycles. The van der Waals surface area contributed by atoms with E-state index in [1.165, 1.54) is 17.7 Å². The maximum Gasteiger partial charge on any atom is 0.224 e. The molecule has 0 aromatic heterocycles. The highest BCUT2D eigenvalue weighted by Crippen LogP contribution is 2.28. The molecule has 98 valence electrons. The van der Waals surface area contributed by atoms with Crippen molar-refractivity contribution in [3.8, 4) is 0 Å². The number of benzene rings is 1. The number of anilines is 2. The number of nitrogens with zero attached hydrogens (tertiary/aromatic N) is 1. The van der Waals surface area contributed by atoms with E-state index in [9.17, 15) is 4.79 Å². The van der Waals surface area contributed by atoms with Gasteiger partial charge in [0.1, 0.15) is 0 Å². The summed E-state index contributed by atoms with van der Waals surface area (Å²) in [5.41, 5.74) is 3.56. The number of unbranched alkanes of at least 4 members (excludes halogenated alkanes) is 1. The van der Waals surface area contributed by atoms with Crippen molar-refractivity contribution >= 4 is 17.3 Å². The Bertz CT molecular complexity index is 429. The van der Waals surface area contributed by atoms with Gasteiger partial charge >= 0.3 is 0 Å². The van der Waals surface area contributed by atoms with E-state index in [1.807, 2.05) is 6.07 Å². The minimum atomic E-state index is 0.121. The van der Waals surface area contributed by atoms with Crippen molar-refractivity contribution < 1.29 is 4.79 Å². The zero-order valence-corrected chi connectivity index (χ0v) is 11.3. The van der Waals surface area contributed by atoms with Crippen molar-refractivity contribution in [2.24, 2.45) is 0 Å². The molecule has 0 saturated carbocycles. The van der Waals surface area contributed by atoms with Gasteiger partial charge in [0.15, 0.2) is 0 Å². The molecular formula is C15H22N2O. The molecule has 3 nitrogen and oxygen atoms in total. The predicted octanol–water partition coefficient (Wildman–Crippen LogP) is 3.20. The number of rotatable bonds is 4. The van der Waals surface area contributed by atoms with E-state index in [0.717, 1.165) is 31.5 Å². The van der Waals surface area contributed by atoms with Gasteiger partial charge in [0.2, 0.25) is 5.91 Å². The van der Waals surface area contributed by atoms with Crippen LogP contribution >= 0.6 is 0 Å². The summed E-state index contributed by atoms with van der Waals surface area (Å²) in [6.45, 7) is 3.20. The fourth-order valence-electron chi connectivity index (χ4n) is 2.40. The SMILES string of the molecule is CCCCC(=O)Nc1ccc2c(c1)N(C)CCC2. The van der Waals surface area contributed by atoms with E-state index in [2.05, 4.69) is 36.3 Å². The minimum Gasteiger partial charge on any atom is -0.374 e. The quantitative estimate of drug-likeness (QED) is 0.884. The number of hydrogen-bond acceptors (Lipinski definition) is 2. The molecule has 1 amide bonds. The molecule has 1 N–H and O–H groups in total. The number of hydrogen-bond donors (Lipinski definition) is 1. The van der Waals surface area contributed by atoms with Crippen LogP contribution in [0.1, 0.15) is 38.2 Å². The lowest BCUT2D eigenvalue weighted by molar-refractivity contribution is -0.116. The topological polar surface area (TPSA) is 32.3 Å². The van der Waals surface area contributed by atoms with Gasteiger partial charge in [0.05, 0.1) is 0 Å². The van der Waals surface area contributed by atoms with Crippen LogP contribution in [0.2, 0.25) is 0 Å². The van der Waals surface area contributed by atoms with Gasteiger partial charge in [-0.25, -0.2) is 0 Å². The Balaban J connectivity index is 2.06. The van der Waals surface area contributed by atoms with E-state index in [0.29, 0.717) is 6.42 Å². The third-order valence-electron chi connectivity index (χ3n) is 3.48. The largest absolute Gasteiger partial charge is 0.374 e. The Kier molecular flexibility index (Phi) is 4.24. The lowest BCUT2D eigenvalue weighted by atomic mass is 10.0. The zero-order valence-electron chi connectivity index (χ0n) is 11.3. The van der Waals surface area contributed by atoms with Gasteiger partial charge in [0, 0.05) is 31.4 Å². The molecule has 0 spiro atoms. The number of carbonyl (C=O) groups is 1. The molecule has 1 aromatic carbocycles. The molecule has 0 radical (unpaired) electrons. The number of aryl methyl sites for hydroxylation is 1. The smallest absolute Gasteiger partial charge is 0.224 e. The number of amides is 1. The van der Waals surface area contributed by atoms with Gasteiger partial charge in [-0.05, 0) is 37.0 Å². The van der Waals surface area contributed by atoms with Crippen LogP contribution in [0.4, 0.5) is 11.4 Å². The first-order chi connectivity index (χ1) is 8.70. The van der Waals surface area contributed by atoms with Gasteiger partial charge in [0.25, 0.3) is 0 Å². The summed E-state index contributed by atoms with van der Waals surface area (Å²) in [5, 5.41) is 2.98. The van der Waals surface area contributed by atoms with Crippen molar-refractivity contribution in [2.75, 3.05) is 23.8 Å². The molecule has 0 saturated heterocycles. The van der Waals surface area contributed by atoms with Crippen LogP contribution in [0.3, 0.4) is 0 Å². The first-order valence-corrected chi connectivity index (χ1v) is 6.84. The Labute approximate surface area is 109 Å². The molecule has 18 heavy (non-hydrogen) atoms. The number of fused-ring (bicyclic) bond motifs is 1. The average Bonchev–Trinajstić information content (AvgIpc) is 2.37. The van der Waals surface area contributed by atoms with E-state index in [1.54, 1.807) is 0 Å². The van der Waals surface area contributed by atoms with Crippen molar-refractivity contribution in [3.05, 3.63) is 23.8 Å². The second kappa shape index (κ2) is 5.89.